The number of hydrogen-bond donors (Lipinski definition) is 1. The molecule has 0 amide bonds. The van der Waals surface area contributed by atoms with E-state index in [0.717, 1.165) is 24.2 Å². The summed E-state index contributed by atoms with van der Waals surface area (Å²) >= 11 is 0. The Bertz CT molecular complexity index is 1020. The van der Waals surface area contributed by atoms with Gasteiger partial charge >= 0.3 is 0 Å². The van der Waals surface area contributed by atoms with Gasteiger partial charge in [-0.05, 0) is 61.9 Å². The summed E-state index contributed by atoms with van der Waals surface area (Å²) in [5.74, 6) is 0.384. The minimum absolute atomic E-state index is 0.213. The van der Waals surface area contributed by atoms with Crippen LogP contribution in [0.5, 0.6) is 5.75 Å². The van der Waals surface area contributed by atoms with E-state index in [1.807, 2.05) is 31.2 Å². The monoisotopic (exact) mass is 381 g/mol. The number of unbranched alkanes of at least 4 members (excludes halogenated alkanes) is 1. The zero-order chi connectivity index (χ0) is 20.1. The van der Waals surface area contributed by atoms with Gasteiger partial charge in [0.1, 0.15) is 11.6 Å². The number of nitrogens with zero attached hydrogens (tertiary/aromatic N) is 2. The SMILES string of the molecule is CCCCN=C(C)c1c(-c2ccc(OC)cc2)[nH]n(-c2ccc(F)cc2)c1=O. The number of nitrogens with one attached hydrogen (secondary N) is 1. The average Bonchev–Trinajstić information content (AvgIpc) is 3.06. The molecule has 2 aromatic carbocycles. The Morgan fingerprint density at radius 2 is 1.82 bits per heavy atom. The Labute approximate surface area is 163 Å². The van der Waals surface area contributed by atoms with Gasteiger partial charge in [0.25, 0.3) is 5.56 Å². The molecule has 1 aromatic heterocycles. The molecule has 3 aromatic rings. The molecule has 0 spiro atoms. The second-order valence-corrected chi connectivity index (χ2v) is 6.53. The van der Waals surface area contributed by atoms with Gasteiger partial charge in [-0.1, -0.05) is 13.3 Å². The largest absolute Gasteiger partial charge is 0.497 e. The third-order valence-electron chi connectivity index (χ3n) is 4.58. The third kappa shape index (κ3) is 4.06. The fraction of sp³-hybridized carbons (Fsp3) is 0.273. The maximum absolute atomic E-state index is 13.3. The van der Waals surface area contributed by atoms with Crippen LogP contribution in [0, 0.1) is 5.82 Å². The van der Waals surface area contributed by atoms with Gasteiger partial charge in [-0.15, -0.1) is 0 Å². The number of H-pyrrole nitrogens is 1. The fourth-order valence-electron chi connectivity index (χ4n) is 3.00. The Morgan fingerprint density at radius 1 is 1.14 bits per heavy atom. The minimum Gasteiger partial charge on any atom is -0.497 e. The number of aromatic amines is 1. The van der Waals surface area contributed by atoms with Crippen molar-refractivity contribution in [1.29, 1.82) is 0 Å². The molecular formula is C22H24FN3O2. The van der Waals surface area contributed by atoms with Crippen molar-refractivity contribution in [2.75, 3.05) is 13.7 Å². The van der Waals surface area contributed by atoms with E-state index in [9.17, 15) is 9.18 Å². The van der Waals surface area contributed by atoms with Crippen LogP contribution in [-0.2, 0) is 0 Å². The first-order chi connectivity index (χ1) is 13.5. The van der Waals surface area contributed by atoms with Crippen molar-refractivity contribution < 1.29 is 9.13 Å². The van der Waals surface area contributed by atoms with Crippen molar-refractivity contribution in [1.82, 2.24) is 9.78 Å². The zero-order valence-electron chi connectivity index (χ0n) is 16.3. The predicted molar refractivity (Wildman–Crippen MR) is 110 cm³/mol. The van der Waals surface area contributed by atoms with Crippen molar-refractivity contribution in [2.45, 2.75) is 26.7 Å². The van der Waals surface area contributed by atoms with Gasteiger partial charge in [-0.2, -0.15) is 0 Å². The van der Waals surface area contributed by atoms with E-state index < -0.39 is 0 Å². The zero-order valence-corrected chi connectivity index (χ0v) is 16.3. The molecule has 1 heterocycles. The third-order valence-corrected chi connectivity index (χ3v) is 4.58. The van der Waals surface area contributed by atoms with Gasteiger partial charge in [0.15, 0.2) is 0 Å². The van der Waals surface area contributed by atoms with Crippen LogP contribution in [0.15, 0.2) is 58.3 Å². The molecule has 0 radical (unpaired) electrons. The molecule has 28 heavy (non-hydrogen) atoms. The van der Waals surface area contributed by atoms with Crippen molar-refractivity contribution in [3.63, 3.8) is 0 Å². The smallest absolute Gasteiger partial charge is 0.280 e. The van der Waals surface area contributed by atoms with Crippen LogP contribution in [0.1, 0.15) is 32.3 Å². The van der Waals surface area contributed by atoms with Gasteiger partial charge in [0.05, 0.1) is 24.1 Å². The lowest BCUT2D eigenvalue weighted by molar-refractivity contribution is 0.415. The highest BCUT2D eigenvalue weighted by Crippen LogP contribution is 2.24. The Hall–Kier alpha value is -3.15. The second-order valence-electron chi connectivity index (χ2n) is 6.53. The lowest BCUT2D eigenvalue weighted by atomic mass is 10.0. The number of methoxy groups -OCH3 is 1. The number of benzene rings is 2. The van der Waals surface area contributed by atoms with Gasteiger partial charge in [0, 0.05) is 17.8 Å². The summed E-state index contributed by atoms with van der Waals surface area (Å²) < 4.78 is 19.9. The maximum atomic E-state index is 13.3. The van der Waals surface area contributed by atoms with E-state index in [1.54, 1.807) is 19.2 Å². The molecule has 146 valence electrons. The van der Waals surface area contributed by atoms with E-state index in [4.69, 9.17) is 4.74 Å². The summed E-state index contributed by atoms with van der Waals surface area (Å²) in [6.07, 6.45) is 2.00. The van der Waals surface area contributed by atoms with E-state index in [-0.39, 0.29) is 11.4 Å². The highest BCUT2D eigenvalue weighted by atomic mass is 19.1. The van der Waals surface area contributed by atoms with Crippen molar-refractivity contribution in [2.24, 2.45) is 4.99 Å². The molecule has 0 fully saturated rings. The van der Waals surface area contributed by atoms with Gasteiger partial charge in [0.2, 0.25) is 0 Å². The predicted octanol–water partition coefficient (Wildman–Crippen LogP) is 4.59. The summed E-state index contributed by atoms with van der Waals surface area (Å²) in [7, 11) is 1.61. The van der Waals surface area contributed by atoms with E-state index in [0.29, 0.717) is 29.2 Å². The number of aromatic nitrogens is 2. The topological polar surface area (TPSA) is 59.4 Å². The van der Waals surface area contributed by atoms with Gasteiger partial charge in [-0.25, -0.2) is 9.07 Å². The summed E-state index contributed by atoms with van der Waals surface area (Å²) in [6.45, 7) is 4.62. The molecule has 5 nitrogen and oxygen atoms in total. The van der Waals surface area contributed by atoms with Crippen LogP contribution < -0.4 is 10.3 Å². The minimum atomic E-state index is -0.351. The molecule has 0 bridgehead atoms. The molecular weight excluding hydrogens is 357 g/mol. The number of rotatable bonds is 7. The lowest BCUT2D eigenvalue weighted by Crippen LogP contribution is -2.19. The fourth-order valence-corrected chi connectivity index (χ4v) is 3.00. The lowest BCUT2D eigenvalue weighted by Gasteiger charge is -2.05. The Morgan fingerprint density at radius 3 is 2.43 bits per heavy atom. The van der Waals surface area contributed by atoms with Crippen LogP contribution in [-0.4, -0.2) is 29.1 Å². The number of aliphatic imine (C=N–C) groups is 1. The van der Waals surface area contributed by atoms with Crippen LogP contribution in [0.2, 0.25) is 0 Å². The molecule has 0 aliphatic rings. The van der Waals surface area contributed by atoms with E-state index in [2.05, 4.69) is 17.0 Å². The molecule has 3 rings (SSSR count). The quantitative estimate of drug-likeness (QED) is 0.481. The highest BCUT2D eigenvalue weighted by Gasteiger charge is 2.19. The van der Waals surface area contributed by atoms with Gasteiger partial charge < -0.3 is 4.74 Å². The molecule has 0 atom stereocenters. The number of halogens is 1. The molecule has 0 aliphatic heterocycles. The first-order valence-electron chi connectivity index (χ1n) is 9.32. The van der Waals surface area contributed by atoms with Crippen molar-refractivity contribution >= 4 is 5.71 Å². The maximum Gasteiger partial charge on any atom is 0.280 e. The Balaban J connectivity index is 2.15. The molecule has 6 heteroatoms. The summed E-state index contributed by atoms with van der Waals surface area (Å²) in [4.78, 5) is 17.8. The summed E-state index contributed by atoms with van der Waals surface area (Å²) in [5, 5.41) is 3.17. The average molecular weight is 381 g/mol. The molecule has 0 saturated carbocycles. The number of hydrogen-bond acceptors (Lipinski definition) is 3. The standard InChI is InChI=1S/C22H24FN3O2/c1-4-5-14-24-15(2)20-21(16-6-12-19(28-3)13-7-16)25-26(22(20)27)18-10-8-17(23)9-11-18/h6-13,25H,4-5,14H2,1-3H3. The van der Waals surface area contributed by atoms with Gasteiger partial charge in [-0.3, -0.25) is 14.9 Å². The van der Waals surface area contributed by atoms with Crippen LogP contribution in [0.4, 0.5) is 4.39 Å². The van der Waals surface area contributed by atoms with Crippen LogP contribution in [0.25, 0.3) is 16.9 Å². The summed E-state index contributed by atoms with van der Waals surface area (Å²) in [5.41, 5.74) is 3.07. The second kappa shape index (κ2) is 8.69. The van der Waals surface area contributed by atoms with Crippen molar-refractivity contribution in [3.8, 4) is 22.7 Å². The molecule has 0 unspecified atom stereocenters. The highest BCUT2D eigenvalue weighted by molar-refractivity contribution is 6.03. The molecule has 1 N–H and O–H groups in total. The molecule has 0 aliphatic carbocycles. The molecule has 0 saturated heterocycles. The van der Waals surface area contributed by atoms with E-state index >= 15 is 0 Å². The first-order valence-corrected chi connectivity index (χ1v) is 9.32. The summed E-state index contributed by atoms with van der Waals surface area (Å²) in [6, 6.07) is 13.3. The van der Waals surface area contributed by atoms with Crippen LogP contribution in [0.3, 0.4) is 0 Å². The van der Waals surface area contributed by atoms with Crippen LogP contribution >= 0.6 is 0 Å². The van der Waals surface area contributed by atoms with Crippen molar-refractivity contribution in [3.05, 3.63) is 70.3 Å². The number of ether oxygens (including phenoxy) is 1. The Kier molecular flexibility index (Phi) is 6.09. The normalized spacial score (nSPS) is 11.6. The first kappa shape index (κ1) is 19.6. The van der Waals surface area contributed by atoms with E-state index in [1.165, 1.54) is 16.8 Å².